The summed E-state index contributed by atoms with van der Waals surface area (Å²) in [6, 6.07) is 16.3. The van der Waals surface area contributed by atoms with Gasteiger partial charge < -0.3 is 15.1 Å². The fraction of sp³-hybridized carbons (Fsp3) is 0.350. The van der Waals surface area contributed by atoms with E-state index in [1.807, 2.05) is 37.3 Å². The number of phenolic OH excluding ortho intramolecular Hbond substituents is 1. The van der Waals surface area contributed by atoms with E-state index >= 15 is 0 Å². The summed E-state index contributed by atoms with van der Waals surface area (Å²) >= 11 is 0. The molecule has 1 atom stereocenters. The van der Waals surface area contributed by atoms with Gasteiger partial charge in [-0.15, -0.1) is 0 Å². The SMILES string of the molecule is C[C@](O)(CN1CCN(C(=O)c2ccccc2O)CC1)c1ccccc1. The highest BCUT2D eigenvalue weighted by molar-refractivity contribution is 5.96. The van der Waals surface area contributed by atoms with Crippen molar-refractivity contribution in [2.45, 2.75) is 12.5 Å². The van der Waals surface area contributed by atoms with Gasteiger partial charge in [-0.2, -0.15) is 0 Å². The predicted molar refractivity (Wildman–Crippen MR) is 96.5 cm³/mol. The molecule has 2 N–H and O–H groups in total. The minimum atomic E-state index is -0.925. The Balaban J connectivity index is 1.59. The maximum Gasteiger partial charge on any atom is 0.257 e. The number of benzene rings is 2. The molecule has 1 saturated heterocycles. The number of carbonyl (C=O) groups excluding carboxylic acids is 1. The maximum atomic E-state index is 12.5. The Morgan fingerprint density at radius 3 is 2.24 bits per heavy atom. The lowest BCUT2D eigenvalue weighted by molar-refractivity contribution is 0.00169. The van der Waals surface area contributed by atoms with Gasteiger partial charge in [-0.1, -0.05) is 42.5 Å². The number of β-amino-alcohol motifs (C(OH)–C–C–N with tert-alkyl or cyclic N) is 1. The molecule has 1 heterocycles. The van der Waals surface area contributed by atoms with Crippen molar-refractivity contribution in [1.29, 1.82) is 0 Å². The Morgan fingerprint density at radius 1 is 1.00 bits per heavy atom. The summed E-state index contributed by atoms with van der Waals surface area (Å²) in [4.78, 5) is 16.5. The summed E-state index contributed by atoms with van der Waals surface area (Å²) in [5.74, 6) is -0.130. The smallest absolute Gasteiger partial charge is 0.257 e. The highest BCUT2D eigenvalue weighted by Gasteiger charge is 2.29. The van der Waals surface area contributed by atoms with Crippen LogP contribution >= 0.6 is 0 Å². The number of hydrogen-bond acceptors (Lipinski definition) is 4. The van der Waals surface area contributed by atoms with Gasteiger partial charge in [0.15, 0.2) is 0 Å². The van der Waals surface area contributed by atoms with Gasteiger partial charge in [-0.05, 0) is 24.6 Å². The van der Waals surface area contributed by atoms with Crippen molar-refractivity contribution in [2.75, 3.05) is 32.7 Å². The van der Waals surface area contributed by atoms with E-state index in [0.29, 0.717) is 38.3 Å². The van der Waals surface area contributed by atoms with Gasteiger partial charge in [0.05, 0.1) is 11.2 Å². The first-order valence-electron chi connectivity index (χ1n) is 8.55. The van der Waals surface area contributed by atoms with Crippen LogP contribution in [-0.4, -0.2) is 58.6 Å². The van der Waals surface area contributed by atoms with Crippen LogP contribution in [0.5, 0.6) is 5.75 Å². The highest BCUT2D eigenvalue weighted by atomic mass is 16.3. The standard InChI is InChI=1S/C20H24N2O3/c1-20(25,16-7-3-2-4-8-16)15-21-11-13-22(14-12-21)19(24)17-9-5-6-10-18(17)23/h2-10,23,25H,11-15H2,1H3/t20-/m0/s1. The number of piperazine rings is 1. The van der Waals surface area contributed by atoms with E-state index in [0.717, 1.165) is 5.56 Å². The van der Waals surface area contributed by atoms with Crippen LogP contribution < -0.4 is 0 Å². The summed E-state index contributed by atoms with van der Waals surface area (Å²) < 4.78 is 0. The molecule has 1 aliphatic rings. The number of phenols is 1. The first-order valence-corrected chi connectivity index (χ1v) is 8.55. The van der Waals surface area contributed by atoms with Crippen molar-refractivity contribution < 1.29 is 15.0 Å². The summed E-state index contributed by atoms with van der Waals surface area (Å²) in [5.41, 5.74) is 0.306. The zero-order valence-electron chi connectivity index (χ0n) is 14.4. The minimum absolute atomic E-state index is 0.0157. The fourth-order valence-corrected chi connectivity index (χ4v) is 3.26. The van der Waals surface area contributed by atoms with Crippen molar-refractivity contribution in [1.82, 2.24) is 9.80 Å². The van der Waals surface area contributed by atoms with Gasteiger partial charge in [0.2, 0.25) is 0 Å². The monoisotopic (exact) mass is 340 g/mol. The molecule has 25 heavy (non-hydrogen) atoms. The van der Waals surface area contributed by atoms with Crippen molar-refractivity contribution in [2.24, 2.45) is 0 Å². The molecule has 1 aliphatic heterocycles. The number of nitrogens with zero attached hydrogens (tertiary/aromatic N) is 2. The Labute approximate surface area is 148 Å². The lowest BCUT2D eigenvalue weighted by atomic mass is 9.95. The number of aromatic hydroxyl groups is 1. The van der Waals surface area contributed by atoms with Gasteiger partial charge in [0.1, 0.15) is 5.75 Å². The molecular weight excluding hydrogens is 316 g/mol. The summed E-state index contributed by atoms with van der Waals surface area (Å²) in [6.45, 7) is 4.90. The molecule has 1 fully saturated rings. The average Bonchev–Trinajstić information content (AvgIpc) is 2.63. The van der Waals surface area contributed by atoms with Crippen LogP contribution in [0.2, 0.25) is 0 Å². The predicted octanol–water partition coefficient (Wildman–Crippen LogP) is 2.06. The van der Waals surface area contributed by atoms with Crippen LogP contribution in [0.4, 0.5) is 0 Å². The normalized spacial score (nSPS) is 17.9. The summed E-state index contributed by atoms with van der Waals surface area (Å²) in [6.07, 6.45) is 0. The number of rotatable bonds is 4. The van der Waals surface area contributed by atoms with Crippen LogP contribution in [0, 0.1) is 0 Å². The molecule has 0 unspecified atom stereocenters. The third-order valence-electron chi connectivity index (χ3n) is 4.72. The summed E-state index contributed by atoms with van der Waals surface area (Å²) in [5, 5.41) is 20.6. The van der Waals surface area contributed by atoms with Crippen LogP contribution in [0.15, 0.2) is 54.6 Å². The quantitative estimate of drug-likeness (QED) is 0.894. The van der Waals surface area contributed by atoms with Gasteiger partial charge in [-0.25, -0.2) is 0 Å². The first-order chi connectivity index (χ1) is 12.0. The molecule has 5 heteroatoms. The molecule has 0 bridgehead atoms. The van der Waals surface area contributed by atoms with E-state index in [4.69, 9.17) is 0 Å². The van der Waals surface area contributed by atoms with Gasteiger partial charge >= 0.3 is 0 Å². The van der Waals surface area contributed by atoms with E-state index < -0.39 is 5.60 Å². The van der Waals surface area contributed by atoms with E-state index in [-0.39, 0.29) is 11.7 Å². The van der Waals surface area contributed by atoms with Crippen LogP contribution in [-0.2, 0) is 5.60 Å². The van der Waals surface area contributed by atoms with Crippen LogP contribution in [0.3, 0.4) is 0 Å². The number of para-hydroxylation sites is 1. The van der Waals surface area contributed by atoms with Crippen LogP contribution in [0.25, 0.3) is 0 Å². The zero-order chi connectivity index (χ0) is 17.9. The number of carbonyl (C=O) groups is 1. The Hall–Kier alpha value is -2.37. The second-order valence-corrected chi connectivity index (χ2v) is 6.73. The second kappa shape index (κ2) is 7.25. The van der Waals surface area contributed by atoms with Crippen molar-refractivity contribution in [3.63, 3.8) is 0 Å². The van der Waals surface area contributed by atoms with Crippen molar-refractivity contribution in [3.8, 4) is 5.75 Å². The lowest BCUT2D eigenvalue weighted by Crippen LogP contribution is -2.51. The van der Waals surface area contributed by atoms with E-state index in [2.05, 4.69) is 4.90 Å². The topological polar surface area (TPSA) is 64.0 Å². The second-order valence-electron chi connectivity index (χ2n) is 6.73. The molecule has 2 aromatic rings. The summed E-state index contributed by atoms with van der Waals surface area (Å²) in [7, 11) is 0. The molecule has 0 radical (unpaired) electrons. The molecule has 0 saturated carbocycles. The number of hydrogen-bond donors (Lipinski definition) is 2. The third kappa shape index (κ3) is 4.00. The van der Waals surface area contributed by atoms with E-state index in [1.54, 1.807) is 23.1 Å². The van der Waals surface area contributed by atoms with Crippen LogP contribution in [0.1, 0.15) is 22.8 Å². The van der Waals surface area contributed by atoms with E-state index in [9.17, 15) is 15.0 Å². The molecular formula is C20H24N2O3. The van der Waals surface area contributed by atoms with Gasteiger partial charge in [-0.3, -0.25) is 9.69 Å². The first kappa shape index (κ1) is 17.5. The van der Waals surface area contributed by atoms with Gasteiger partial charge in [0, 0.05) is 32.7 Å². The Kier molecular flexibility index (Phi) is 5.06. The zero-order valence-corrected chi connectivity index (χ0v) is 14.4. The molecule has 2 aromatic carbocycles. The molecule has 3 rings (SSSR count). The van der Waals surface area contributed by atoms with E-state index in [1.165, 1.54) is 6.07 Å². The average molecular weight is 340 g/mol. The molecule has 0 aliphatic carbocycles. The number of aliphatic hydroxyl groups is 1. The third-order valence-corrected chi connectivity index (χ3v) is 4.72. The number of amides is 1. The minimum Gasteiger partial charge on any atom is -0.507 e. The van der Waals surface area contributed by atoms with Crippen molar-refractivity contribution >= 4 is 5.91 Å². The molecule has 0 spiro atoms. The Morgan fingerprint density at radius 2 is 1.60 bits per heavy atom. The van der Waals surface area contributed by atoms with Crippen molar-refractivity contribution in [3.05, 3.63) is 65.7 Å². The van der Waals surface area contributed by atoms with Gasteiger partial charge in [0.25, 0.3) is 5.91 Å². The fourth-order valence-electron chi connectivity index (χ4n) is 3.26. The molecule has 5 nitrogen and oxygen atoms in total. The molecule has 132 valence electrons. The lowest BCUT2D eigenvalue weighted by Gasteiger charge is -2.38. The molecule has 0 aromatic heterocycles. The maximum absolute atomic E-state index is 12.5. The molecule has 1 amide bonds. The highest BCUT2D eigenvalue weighted by Crippen LogP contribution is 2.23. The Bertz CT molecular complexity index is 723. The largest absolute Gasteiger partial charge is 0.507 e.